The highest BCUT2D eigenvalue weighted by molar-refractivity contribution is 5.58. The molecule has 1 heterocycles. The minimum Gasteiger partial charge on any atom is -0.369 e. The van der Waals surface area contributed by atoms with E-state index in [9.17, 15) is 0 Å². The molecule has 0 saturated carbocycles. The minimum absolute atomic E-state index is 0.753. The molecule has 0 aliphatic carbocycles. The zero-order valence-electron chi connectivity index (χ0n) is 7.65. The summed E-state index contributed by atoms with van der Waals surface area (Å²) in [4.78, 5) is 10.1. The molecule has 12 heavy (non-hydrogen) atoms. The van der Waals surface area contributed by atoms with Gasteiger partial charge in [0, 0.05) is 20.3 Å². The molecule has 0 bridgehead atoms. The van der Waals surface area contributed by atoms with Crippen molar-refractivity contribution in [2.45, 2.75) is 6.92 Å². The fraction of sp³-hybridized carbons (Fsp3) is 0.333. The topological polar surface area (TPSA) is 28.5 Å². The molecule has 0 aliphatic rings. The molecule has 0 aromatic carbocycles. The van der Waals surface area contributed by atoms with Gasteiger partial charge in [-0.15, -0.1) is 0 Å². The van der Waals surface area contributed by atoms with E-state index in [4.69, 9.17) is 0 Å². The van der Waals surface area contributed by atoms with E-state index < -0.39 is 0 Å². The molecular formula is C9H13N3. The van der Waals surface area contributed by atoms with Gasteiger partial charge in [-0.2, -0.15) is 0 Å². The Morgan fingerprint density at radius 1 is 1.50 bits per heavy atom. The first-order valence-corrected chi connectivity index (χ1v) is 3.82. The second-order valence-corrected chi connectivity index (χ2v) is 2.90. The van der Waals surface area contributed by atoms with Crippen molar-refractivity contribution in [3.8, 4) is 0 Å². The molecule has 0 saturated heterocycles. The van der Waals surface area contributed by atoms with Crippen molar-refractivity contribution >= 4 is 12.2 Å². The van der Waals surface area contributed by atoms with E-state index in [2.05, 4.69) is 9.98 Å². The van der Waals surface area contributed by atoms with Crippen LogP contribution in [0.2, 0.25) is 0 Å². The Morgan fingerprint density at radius 3 is 2.83 bits per heavy atom. The molecular weight excluding hydrogens is 150 g/mol. The lowest BCUT2D eigenvalue weighted by molar-refractivity contribution is 0.643. The molecule has 3 nitrogen and oxygen atoms in total. The fourth-order valence-corrected chi connectivity index (χ4v) is 0.765. The average molecular weight is 163 g/mol. The van der Waals surface area contributed by atoms with Crippen LogP contribution < -0.4 is 0 Å². The predicted molar refractivity (Wildman–Crippen MR) is 50.8 cm³/mol. The van der Waals surface area contributed by atoms with Crippen LogP contribution in [-0.4, -0.2) is 30.3 Å². The molecule has 0 spiro atoms. The van der Waals surface area contributed by atoms with Crippen LogP contribution in [0, 0.1) is 6.92 Å². The van der Waals surface area contributed by atoms with Crippen molar-refractivity contribution in [3.05, 3.63) is 23.9 Å². The molecule has 0 fully saturated rings. The lowest BCUT2D eigenvalue weighted by Gasteiger charge is -2.01. The van der Waals surface area contributed by atoms with E-state index in [1.54, 1.807) is 12.5 Å². The normalized spacial score (nSPS) is 10.6. The van der Waals surface area contributed by atoms with Gasteiger partial charge in [0.25, 0.3) is 0 Å². The van der Waals surface area contributed by atoms with Crippen molar-refractivity contribution < 1.29 is 0 Å². The molecule has 0 atom stereocenters. The number of hydrogen-bond acceptors (Lipinski definition) is 2. The lowest BCUT2D eigenvalue weighted by atomic mass is 10.3. The zero-order chi connectivity index (χ0) is 8.97. The Morgan fingerprint density at radius 2 is 2.25 bits per heavy atom. The molecule has 1 aromatic heterocycles. The summed E-state index contributed by atoms with van der Waals surface area (Å²) in [5.74, 6) is 0.753. The maximum absolute atomic E-state index is 4.16. The Labute approximate surface area is 72.8 Å². The van der Waals surface area contributed by atoms with Crippen LogP contribution in [0.3, 0.4) is 0 Å². The summed E-state index contributed by atoms with van der Waals surface area (Å²) in [6.07, 6.45) is 3.50. The van der Waals surface area contributed by atoms with Gasteiger partial charge < -0.3 is 4.90 Å². The first-order valence-electron chi connectivity index (χ1n) is 3.82. The molecule has 64 valence electrons. The number of aliphatic imine (C=N–C) groups is 1. The molecule has 0 aliphatic heterocycles. The van der Waals surface area contributed by atoms with E-state index in [1.807, 2.05) is 38.1 Å². The summed E-state index contributed by atoms with van der Waals surface area (Å²) in [5, 5.41) is 0. The second kappa shape index (κ2) is 3.85. The van der Waals surface area contributed by atoms with Crippen LogP contribution in [0.1, 0.15) is 5.56 Å². The monoisotopic (exact) mass is 163 g/mol. The van der Waals surface area contributed by atoms with Crippen molar-refractivity contribution in [3.63, 3.8) is 0 Å². The summed E-state index contributed by atoms with van der Waals surface area (Å²) < 4.78 is 0. The summed E-state index contributed by atoms with van der Waals surface area (Å²) in [7, 11) is 3.86. The van der Waals surface area contributed by atoms with Gasteiger partial charge in [-0.1, -0.05) is 0 Å². The maximum Gasteiger partial charge on any atom is 0.153 e. The van der Waals surface area contributed by atoms with Crippen molar-refractivity contribution in [2.24, 2.45) is 4.99 Å². The number of aromatic nitrogens is 1. The molecule has 0 unspecified atom stereocenters. The van der Waals surface area contributed by atoms with Crippen molar-refractivity contribution in [1.29, 1.82) is 0 Å². The van der Waals surface area contributed by atoms with Gasteiger partial charge in [-0.05, 0) is 24.6 Å². The van der Waals surface area contributed by atoms with Gasteiger partial charge in [0.05, 0.1) is 6.34 Å². The van der Waals surface area contributed by atoms with E-state index >= 15 is 0 Å². The first-order chi connectivity index (χ1) is 5.68. The molecule has 0 N–H and O–H groups in total. The minimum atomic E-state index is 0.753. The SMILES string of the molecule is Cc1ccnc(/N=C\N(C)C)c1. The highest BCUT2D eigenvalue weighted by atomic mass is 15.1. The third-order valence-corrected chi connectivity index (χ3v) is 1.32. The van der Waals surface area contributed by atoms with E-state index in [1.165, 1.54) is 5.56 Å². The molecule has 1 rings (SSSR count). The van der Waals surface area contributed by atoms with Gasteiger partial charge >= 0.3 is 0 Å². The number of hydrogen-bond donors (Lipinski definition) is 0. The number of aryl methyl sites for hydroxylation is 1. The highest BCUT2D eigenvalue weighted by Crippen LogP contribution is 2.07. The van der Waals surface area contributed by atoms with Crippen molar-refractivity contribution in [2.75, 3.05) is 14.1 Å². The molecule has 0 amide bonds. The third-order valence-electron chi connectivity index (χ3n) is 1.32. The number of nitrogens with zero attached hydrogens (tertiary/aromatic N) is 3. The summed E-state index contributed by atoms with van der Waals surface area (Å²) >= 11 is 0. The average Bonchev–Trinajstić information content (AvgIpc) is 2.01. The number of rotatable bonds is 2. The van der Waals surface area contributed by atoms with E-state index in [0.29, 0.717) is 0 Å². The van der Waals surface area contributed by atoms with Crippen LogP contribution in [0.4, 0.5) is 5.82 Å². The second-order valence-electron chi connectivity index (χ2n) is 2.90. The summed E-state index contributed by atoms with van der Waals surface area (Å²) in [5.41, 5.74) is 1.18. The van der Waals surface area contributed by atoms with Gasteiger partial charge in [0.15, 0.2) is 5.82 Å². The Hall–Kier alpha value is -1.38. The summed E-state index contributed by atoms with van der Waals surface area (Å²) in [6, 6.07) is 3.90. The van der Waals surface area contributed by atoms with Crippen LogP contribution in [-0.2, 0) is 0 Å². The van der Waals surface area contributed by atoms with Crippen LogP contribution in [0.25, 0.3) is 0 Å². The first kappa shape index (κ1) is 8.71. The highest BCUT2D eigenvalue weighted by Gasteiger charge is 1.88. The van der Waals surface area contributed by atoms with Gasteiger partial charge in [0.2, 0.25) is 0 Å². The predicted octanol–water partition coefficient (Wildman–Crippen LogP) is 1.61. The fourth-order valence-electron chi connectivity index (χ4n) is 0.765. The van der Waals surface area contributed by atoms with Gasteiger partial charge in [0.1, 0.15) is 0 Å². The van der Waals surface area contributed by atoms with Crippen LogP contribution in [0.5, 0.6) is 0 Å². The van der Waals surface area contributed by atoms with Gasteiger partial charge in [-0.25, -0.2) is 9.98 Å². The van der Waals surface area contributed by atoms with Crippen LogP contribution >= 0.6 is 0 Å². The van der Waals surface area contributed by atoms with Crippen molar-refractivity contribution in [1.82, 2.24) is 9.88 Å². The summed E-state index contributed by atoms with van der Waals surface area (Å²) in [6.45, 7) is 2.02. The largest absolute Gasteiger partial charge is 0.369 e. The Balaban J connectivity index is 2.76. The van der Waals surface area contributed by atoms with Gasteiger partial charge in [-0.3, -0.25) is 0 Å². The van der Waals surface area contributed by atoms with Crippen LogP contribution in [0.15, 0.2) is 23.3 Å². The number of pyridine rings is 1. The zero-order valence-corrected chi connectivity index (χ0v) is 7.65. The Kier molecular flexibility index (Phi) is 2.80. The van der Waals surface area contributed by atoms with E-state index in [0.717, 1.165) is 5.82 Å². The lowest BCUT2D eigenvalue weighted by Crippen LogP contribution is -2.07. The molecule has 3 heteroatoms. The van der Waals surface area contributed by atoms with E-state index in [-0.39, 0.29) is 0 Å². The third kappa shape index (κ3) is 2.70. The smallest absolute Gasteiger partial charge is 0.153 e. The molecule has 1 aromatic rings. The molecule has 0 radical (unpaired) electrons. The maximum atomic E-state index is 4.16. The standard InChI is InChI=1S/C9H13N3/c1-8-4-5-10-9(6-8)11-7-12(2)3/h4-7H,1-3H3/b11-7-. The quantitative estimate of drug-likeness (QED) is 0.489. The Bertz CT molecular complexity index is 279.